The van der Waals surface area contributed by atoms with E-state index in [0.717, 1.165) is 38.8 Å². The second-order valence-corrected chi connectivity index (χ2v) is 6.71. The van der Waals surface area contributed by atoms with Crippen LogP contribution in [0.4, 0.5) is 4.79 Å². The first-order valence-corrected chi connectivity index (χ1v) is 7.73. The molecule has 1 heterocycles. The molecule has 3 atom stereocenters. The molecular formula is C15H26N2O3. The molecule has 0 spiro atoms. The minimum Gasteiger partial charge on any atom is -0.480 e. The molecular weight excluding hydrogens is 256 g/mol. The van der Waals surface area contributed by atoms with Gasteiger partial charge in [-0.2, -0.15) is 0 Å². The van der Waals surface area contributed by atoms with Crippen molar-refractivity contribution < 1.29 is 14.7 Å². The summed E-state index contributed by atoms with van der Waals surface area (Å²) in [7, 11) is 0. The maximum absolute atomic E-state index is 12.4. The van der Waals surface area contributed by atoms with Gasteiger partial charge in [0, 0.05) is 13.1 Å². The number of aliphatic carboxylic acids is 1. The Morgan fingerprint density at radius 3 is 2.50 bits per heavy atom. The first kappa shape index (κ1) is 15.1. The Hall–Kier alpha value is -1.26. The molecule has 0 aromatic carbocycles. The summed E-state index contributed by atoms with van der Waals surface area (Å²) < 4.78 is 0. The van der Waals surface area contributed by atoms with E-state index < -0.39 is 11.5 Å². The fraction of sp³-hybridized carbons (Fsp3) is 0.867. The van der Waals surface area contributed by atoms with Crippen LogP contribution in [-0.2, 0) is 4.79 Å². The normalized spacial score (nSPS) is 34.6. The molecule has 0 bridgehead atoms. The number of likely N-dealkylation sites (tertiary alicyclic amines) is 1. The molecule has 5 heteroatoms. The van der Waals surface area contributed by atoms with Gasteiger partial charge in [0.25, 0.3) is 0 Å². The third-order valence-corrected chi connectivity index (χ3v) is 4.70. The average molecular weight is 282 g/mol. The number of nitrogens with zero attached hydrogens (tertiary/aromatic N) is 1. The molecule has 2 amide bonds. The summed E-state index contributed by atoms with van der Waals surface area (Å²) in [6.45, 7) is 5.67. The molecule has 2 fully saturated rings. The van der Waals surface area contributed by atoms with Crippen LogP contribution < -0.4 is 5.32 Å². The smallest absolute Gasteiger partial charge is 0.329 e. The van der Waals surface area contributed by atoms with E-state index >= 15 is 0 Å². The number of hydrogen-bond donors (Lipinski definition) is 2. The second-order valence-electron chi connectivity index (χ2n) is 6.71. The Labute approximate surface area is 120 Å². The van der Waals surface area contributed by atoms with Crippen molar-refractivity contribution in [1.29, 1.82) is 0 Å². The number of carbonyl (C=O) groups excluding carboxylic acids is 1. The van der Waals surface area contributed by atoms with Crippen molar-refractivity contribution in [2.24, 2.45) is 11.8 Å². The summed E-state index contributed by atoms with van der Waals surface area (Å²) in [6.07, 6.45) is 5.14. The number of rotatable bonds is 2. The van der Waals surface area contributed by atoms with Gasteiger partial charge >= 0.3 is 12.0 Å². The summed E-state index contributed by atoms with van der Waals surface area (Å²) in [4.78, 5) is 25.8. The second kappa shape index (κ2) is 6.02. The van der Waals surface area contributed by atoms with E-state index in [2.05, 4.69) is 19.2 Å². The molecule has 2 rings (SSSR count). The van der Waals surface area contributed by atoms with Gasteiger partial charge in [-0.3, -0.25) is 0 Å². The zero-order chi connectivity index (χ0) is 14.8. The predicted molar refractivity (Wildman–Crippen MR) is 76.5 cm³/mol. The van der Waals surface area contributed by atoms with Gasteiger partial charge in [-0.1, -0.05) is 26.7 Å². The van der Waals surface area contributed by atoms with Gasteiger partial charge in [0.05, 0.1) is 0 Å². The maximum atomic E-state index is 12.4. The molecule has 1 aliphatic carbocycles. The molecule has 114 valence electrons. The fourth-order valence-corrected chi connectivity index (χ4v) is 3.57. The van der Waals surface area contributed by atoms with Gasteiger partial charge in [0.2, 0.25) is 0 Å². The lowest BCUT2D eigenvalue weighted by atomic mass is 9.76. The zero-order valence-electron chi connectivity index (χ0n) is 12.5. The number of carboxylic acids is 1. The zero-order valence-corrected chi connectivity index (χ0v) is 12.5. The Kier molecular flexibility index (Phi) is 4.55. The summed E-state index contributed by atoms with van der Waals surface area (Å²) in [5.41, 5.74) is -1.06. The van der Waals surface area contributed by atoms with E-state index in [-0.39, 0.29) is 6.03 Å². The largest absolute Gasteiger partial charge is 0.480 e. The standard InChI is InChI=1S/C15H26N2O3/c1-11-5-3-7-15(9-11,13(18)19)16-14(20)17-8-4-6-12(2)10-17/h11-12H,3-10H2,1-2H3,(H,16,20)(H,18,19). The van der Waals surface area contributed by atoms with Crippen LogP contribution in [0.5, 0.6) is 0 Å². The van der Waals surface area contributed by atoms with Gasteiger partial charge in [-0.05, 0) is 37.5 Å². The van der Waals surface area contributed by atoms with Crippen LogP contribution in [-0.4, -0.2) is 40.6 Å². The van der Waals surface area contributed by atoms with Crippen molar-refractivity contribution in [3.05, 3.63) is 0 Å². The first-order valence-electron chi connectivity index (χ1n) is 7.73. The maximum Gasteiger partial charge on any atom is 0.329 e. The van der Waals surface area contributed by atoms with Crippen LogP contribution in [0, 0.1) is 11.8 Å². The highest BCUT2D eigenvalue weighted by Gasteiger charge is 2.44. The molecule has 0 radical (unpaired) electrons. The Bertz CT molecular complexity index is 385. The van der Waals surface area contributed by atoms with E-state index in [4.69, 9.17) is 0 Å². The summed E-state index contributed by atoms with van der Waals surface area (Å²) in [5, 5.41) is 12.4. The first-order chi connectivity index (χ1) is 9.43. The highest BCUT2D eigenvalue weighted by molar-refractivity contribution is 5.86. The van der Waals surface area contributed by atoms with Crippen LogP contribution in [0.2, 0.25) is 0 Å². The third-order valence-electron chi connectivity index (χ3n) is 4.70. The summed E-state index contributed by atoms with van der Waals surface area (Å²) in [6, 6.07) is -0.201. The number of hydrogen-bond acceptors (Lipinski definition) is 2. The van der Waals surface area contributed by atoms with Crippen molar-refractivity contribution in [3.8, 4) is 0 Å². The highest BCUT2D eigenvalue weighted by atomic mass is 16.4. The number of carboxylic acid groups (broad SMARTS) is 1. The lowest BCUT2D eigenvalue weighted by Gasteiger charge is -2.39. The number of nitrogens with one attached hydrogen (secondary N) is 1. The topological polar surface area (TPSA) is 69.6 Å². The van der Waals surface area contributed by atoms with Gasteiger partial charge in [-0.15, -0.1) is 0 Å². The van der Waals surface area contributed by atoms with Crippen molar-refractivity contribution in [3.63, 3.8) is 0 Å². The lowest BCUT2D eigenvalue weighted by Crippen LogP contribution is -2.60. The van der Waals surface area contributed by atoms with E-state index in [1.807, 2.05) is 0 Å². The van der Waals surface area contributed by atoms with E-state index in [1.54, 1.807) is 4.90 Å². The number of piperidine rings is 1. The summed E-state index contributed by atoms with van der Waals surface area (Å²) >= 11 is 0. The Morgan fingerprint density at radius 2 is 1.90 bits per heavy atom. The third kappa shape index (κ3) is 3.25. The van der Waals surface area contributed by atoms with E-state index in [9.17, 15) is 14.7 Å². The average Bonchev–Trinajstić information content (AvgIpc) is 2.38. The van der Waals surface area contributed by atoms with E-state index in [1.165, 1.54) is 0 Å². The molecule has 1 aliphatic heterocycles. The van der Waals surface area contributed by atoms with Crippen LogP contribution >= 0.6 is 0 Å². The van der Waals surface area contributed by atoms with Crippen molar-refractivity contribution >= 4 is 12.0 Å². The molecule has 3 unspecified atom stereocenters. The van der Waals surface area contributed by atoms with Crippen LogP contribution in [0.3, 0.4) is 0 Å². The van der Waals surface area contributed by atoms with Gasteiger partial charge in [0.1, 0.15) is 5.54 Å². The van der Waals surface area contributed by atoms with Crippen molar-refractivity contribution in [2.75, 3.05) is 13.1 Å². The molecule has 1 saturated carbocycles. The Morgan fingerprint density at radius 1 is 1.20 bits per heavy atom. The molecule has 2 N–H and O–H groups in total. The fourth-order valence-electron chi connectivity index (χ4n) is 3.57. The minimum atomic E-state index is -1.06. The van der Waals surface area contributed by atoms with Crippen molar-refractivity contribution in [1.82, 2.24) is 10.2 Å². The van der Waals surface area contributed by atoms with E-state index in [0.29, 0.717) is 24.7 Å². The molecule has 2 aliphatic rings. The van der Waals surface area contributed by atoms with Gasteiger partial charge in [-0.25, -0.2) is 9.59 Å². The summed E-state index contributed by atoms with van der Waals surface area (Å²) in [5.74, 6) is -0.0385. The van der Waals surface area contributed by atoms with Crippen LogP contribution in [0.25, 0.3) is 0 Å². The van der Waals surface area contributed by atoms with Crippen LogP contribution in [0.1, 0.15) is 52.4 Å². The number of urea groups is 1. The number of carbonyl (C=O) groups is 2. The Balaban J connectivity index is 2.04. The molecule has 20 heavy (non-hydrogen) atoms. The predicted octanol–water partition coefficient (Wildman–Crippen LogP) is 2.46. The van der Waals surface area contributed by atoms with Crippen molar-refractivity contribution in [2.45, 2.75) is 57.9 Å². The molecule has 5 nitrogen and oxygen atoms in total. The monoisotopic (exact) mass is 282 g/mol. The highest BCUT2D eigenvalue weighted by Crippen LogP contribution is 2.33. The molecule has 0 aromatic rings. The molecule has 0 aromatic heterocycles. The van der Waals surface area contributed by atoms with Crippen LogP contribution in [0.15, 0.2) is 0 Å². The molecule has 1 saturated heterocycles. The quantitative estimate of drug-likeness (QED) is 0.817. The van der Waals surface area contributed by atoms with Gasteiger partial charge in [0.15, 0.2) is 0 Å². The minimum absolute atomic E-state index is 0.201. The lowest BCUT2D eigenvalue weighted by molar-refractivity contribution is -0.146. The number of amides is 2. The van der Waals surface area contributed by atoms with Gasteiger partial charge < -0.3 is 15.3 Å². The SMILES string of the molecule is CC1CCCN(C(=O)NC2(C(=O)O)CCCC(C)C2)C1.